The highest BCUT2D eigenvalue weighted by atomic mass is 32.2. The molecule has 0 aliphatic carbocycles. The Morgan fingerprint density at radius 1 is 1.07 bits per heavy atom. The van der Waals surface area contributed by atoms with Crippen molar-refractivity contribution >= 4 is 38.9 Å². The third-order valence-electron chi connectivity index (χ3n) is 4.38. The molecule has 1 fully saturated rings. The number of nitrogens with zero attached hydrogens (tertiary/aromatic N) is 3. The van der Waals surface area contributed by atoms with E-state index in [2.05, 4.69) is 9.71 Å². The van der Waals surface area contributed by atoms with Crippen LogP contribution in [0.3, 0.4) is 0 Å². The number of nitrogens with one attached hydrogen (secondary N) is 1. The predicted octanol–water partition coefficient (Wildman–Crippen LogP) is 1.89. The van der Waals surface area contributed by atoms with Gasteiger partial charge in [-0.2, -0.15) is 0 Å². The molecule has 1 aromatic heterocycles. The number of thiazole rings is 1. The molecule has 1 N–H and O–H groups in total. The fourth-order valence-corrected chi connectivity index (χ4v) is 4.67. The highest BCUT2D eigenvalue weighted by Gasteiger charge is 2.26. The van der Waals surface area contributed by atoms with E-state index in [0.29, 0.717) is 48.7 Å². The molecule has 2 heterocycles. The van der Waals surface area contributed by atoms with Gasteiger partial charge in [-0.05, 0) is 30.7 Å². The van der Waals surface area contributed by atoms with Gasteiger partial charge in [-0.3, -0.25) is 19.3 Å². The summed E-state index contributed by atoms with van der Waals surface area (Å²) in [5, 5.41) is 0. The lowest BCUT2D eigenvalue weighted by Crippen LogP contribution is -2.50. The van der Waals surface area contributed by atoms with Gasteiger partial charge in [0.05, 0.1) is 17.5 Å². The van der Waals surface area contributed by atoms with Crippen molar-refractivity contribution in [2.45, 2.75) is 13.3 Å². The van der Waals surface area contributed by atoms with E-state index in [1.54, 1.807) is 52.7 Å². The first-order valence-electron chi connectivity index (χ1n) is 8.97. The van der Waals surface area contributed by atoms with Gasteiger partial charge in [-0.15, -0.1) is 11.3 Å². The molecular weight excluding hydrogens is 400 g/mol. The van der Waals surface area contributed by atoms with Gasteiger partial charge in [0.2, 0.25) is 10.0 Å². The van der Waals surface area contributed by atoms with Crippen LogP contribution in [-0.4, -0.2) is 66.9 Å². The zero-order chi connectivity index (χ0) is 20.1. The zero-order valence-electron chi connectivity index (χ0n) is 15.5. The van der Waals surface area contributed by atoms with Gasteiger partial charge in [0, 0.05) is 37.4 Å². The predicted molar refractivity (Wildman–Crippen MR) is 108 cm³/mol. The van der Waals surface area contributed by atoms with E-state index in [1.807, 2.05) is 0 Å². The molecule has 0 saturated carbocycles. The second-order valence-electron chi connectivity index (χ2n) is 6.45. The molecule has 1 aliphatic rings. The number of aromatic nitrogens is 1. The van der Waals surface area contributed by atoms with Gasteiger partial charge in [0.15, 0.2) is 0 Å². The average molecular weight is 423 g/mol. The fourth-order valence-electron chi connectivity index (χ4n) is 2.95. The van der Waals surface area contributed by atoms with E-state index >= 15 is 0 Å². The van der Waals surface area contributed by atoms with Crippen molar-refractivity contribution in [2.24, 2.45) is 0 Å². The van der Waals surface area contributed by atoms with E-state index in [4.69, 9.17) is 0 Å². The summed E-state index contributed by atoms with van der Waals surface area (Å²) in [5.74, 6) is -0.135. The van der Waals surface area contributed by atoms with Crippen molar-refractivity contribution in [3.05, 3.63) is 46.4 Å². The Kier molecular flexibility index (Phi) is 6.30. The van der Waals surface area contributed by atoms with E-state index in [0.717, 1.165) is 0 Å². The lowest BCUT2D eigenvalue weighted by Gasteiger charge is -2.34. The normalized spacial score (nSPS) is 14.8. The molecule has 0 radical (unpaired) electrons. The maximum absolute atomic E-state index is 12.7. The van der Waals surface area contributed by atoms with Gasteiger partial charge >= 0.3 is 0 Å². The smallest absolute Gasteiger partial charge is 0.265 e. The lowest BCUT2D eigenvalue weighted by molar-refractivity contribution is 0.0538. The van der Waals surface area contributed by atoms with Gasteiger partial charge in [0.25, 0.3) is 11.8 Å². The molecule has 0 spiro atoms. The molecule has 10 heteroatoms. The topological polar surface area (TPSA) is 99.7 Å². The van der Waals surface area contributed by atoms with Crippen LogP contribution in [0.15, 0.2) is 36.0 Å². The molecule has 0 unspecified atom stereocenters. The Hall–Kier alpha value is -2.46. The van der Waals surface area contributed by atoms with Crippen LogP contribution in [0.25, 0.3) is 0 Å². The number of sulfonamides is 1. The monoisotopic (exact) mass is 422 g/mol. The first-order chi connectivity index (χ1) is 13.4. The molecular formula is C18H22N4O4S2. The van der Waals surface area contributed by atoms with Crippen LogP contribution in [0.5, 0.6) is 0 Å². The number of carbonyl (C=O) groups is 2. The molecule has 1 aliphatic heterocycles. The molecule has 2 amide bonds. The van der Waals surface area contributed by atoms with Crippen LogP contribution in [0.4, 0.5) is 5.69 Å². The van der Waals surface area contributed by atoms with Crippen molar-refractivity contribution in [2.75, 3.05) is 36.7 Å². The van der Waals surface area contributed by atoms with Crippen LogP contribution < -0.4 is 4.72 Å². The number of hydrogen-bond acceptors (Lipinski definition) is 6. The van der Waals surface area contributed by atoms with Crippen LogP contribution >= 0.6 is 11.3 Å². The Labute approximate surface area is 168 Å². The van der Waals surface area contributed by atoms with Gasteiger partial charge in [-0.25, -0.2) is 8.42 Å². The number of benzene rings is 1. The van der Waals surface area contributed by atoms with Crippen molar-refractivity contribution in [3.63, 3.8) is 0 Å². The first-order valence-corrected chi connectivity index (χ1v) is 11.5. The molecule has 28 heavy (non-hydrogen) atoms. The highest BCUT2D eigenvalue weighted by molar-refractivity contribution is 7.92. The van der Waals surface area contributed by atoms with Crippen LogP contribution in [0.1, 0.15) is 33.4 Å². The summed E-state index contributed by atoms with van der Waals surface area (Å²) >= 11 is 1.31. The van der Waals surface area contributed by atoms with Crippen molar-refractivity contribution < 1.29 is 18.0 Å². The summed E-state index contributed by atoms with van der Waals surface area (Å²) in [6.07, 6.45) is 2.09. The number of rotatable bonds is 6. The highest BCUT2D eigenvalue weighted by Crippen LogP contribution is 2.16. The van der Waals surface area contributed by atoms with Gasteiger partial charge in [-0.1, -0.05) is 6.92 Å². The third kappa shape index (κ3) is 4.87. The van der Waals surface area contributed by atoms with E-state index < -0.39 is 10.0 Å². The molecule has 8 nitrogen and oxygen atoms in total. The maximum Gasteiger partial charge on any atom is 0.265 e. The molecule has 1 aromatic carbocycles. The maximum atomic E-state index is 12.7. The minimum absolute atomic E-state index is 0.0538. The Morgan fingerprint density at radius 2 is 1.68 bits per heavy atom. The van der Waals surface area contributed by atoms with Crippen molar-refractivity contribution in [3.8, 4) is 0 Å². The molecule has 0 atom stereocenters. The fraction of sp³-hybridized carbons (Fsp3) is 0.389. The summed E-state index contributed by atoms with van der Waals surface area (Å²) in [4.78, 5) is 33.0. The summed E-state index contributed by atoms with van der Waals surface area (Å²) in [6.45, 7) is 3.64. The van der Waals surface area contributed by atoms with E-state index in [1.165, 1.54) is 11.3 Å². The second-order valence-corrected chi connectivity index (χ2v) is 9.18. The van der Waals surface area contributed by atoms with Gasteiger partial charge in [0.1, 0.15) is 4.88 Å². The minimum Gasteiger partial charge on any atom is -0.335 e. The summed E-state index contributed by atoms with van der Waals surface area (Å²) in [6, 6.07) is 6.40. The number of anilines is 1. The summed E-state index contributed by atoms with van der Waals surface area (Å²) < 4.78 is 26.1. The molecule has 1 saturated heterocycles. The first kappa shape index (κ1) is 20.3. The molecule has 150 valence electrons. The van der Waals surface area contributed by atoms with Crippen LogP contribution in [0.2, 0.25) is 0 Å². The SMILES string of the molecule is CCCS(=O)(=O)Nc1ccc(C(=O)N2CCN(C(=O)c3cncs3)CC2)cc1. The number of piperazine rings is 1. The van der Waals surface area contributed by atoms with E-state index in [-0.39, 0.29) is 17.6 Å². The Bertz CT molecular complexity index is 919. The summed E-state index contributed by atoms with van der Waals surface area (Å²) in [7, 11) is -3.36. The zero-order valence-corrected chi connectivity index (χ0v) is 17.1. The summed E-state index contributed by atoms with van der Waals surface area (Å²) in [5.41, 5.74) is 2.55. The number of hydrogen-bond donors (Lipinski definition) is 1. The van der Waals surface area contributed by atoms with Crippen molar-refractivity contribution in [1.29, 1.82) is 0 Å². The third-order valence-corrected chi connectivity index (χ3v) is 6.63. The van der Waals surface area contributed by atoms with Crippen LogP contribution in [-0.2, 0) is 10.0 Å². The van der Waals surface area contributed by atoms with Crippen LogP contribution in [0, 0.1) is 0 Å². The minimum atomic E-state index is -3.36. The van der Waals surface area contributed by atoms with Crippen molar-refractivity contribution in [1.82, 2.24) is 14.8 Å². The molecule has 2 aromatic rings. The Balaban J connectivity index is 1.57. The van der Waals surface area contributed by atoms with E-state index in [9.17, 15) is 18.0 Å². The number of carbonyl (C=O) groups excluding carboxylic acids is 2. The molecule has 3 rings (SSSR count). The Morgan fingerprint density at radius 3 is 2.21 bits per heavy atom. The molecule has 0 bridgehead atoms. The lowest BCUT2D eigenvalue weighted by atomic mass is 10.1. The average Bonchev–Trinajstić information content (AvgIpc) is 3.22. The van der Waals surface area contributed by atoms with Gasteiger partial charge < -0.3 is 9.80 Å². The standard InChI is InChI=1S/C18H22N4O4S2/c1-2-11-28(25,26)20-15-5-3-14(4-6-15)17(23)21-7-9-22(10-8-21)18(24)16-12-19-13-27-16/h3-6,12-13,20H,2,7-11H2,1H3. The largest absolute Gasteiger partial charge is 0.335 e. The quantitative estimate of drug-likeness (QED) is 0.766. The number of amides is 2. The second kappa shape index (κ2) is 8.70.